The van der Waals surface area contributed by atoms with Crippen molar-refractivity contribution in [3.63, 3.8) is 0 Å². The molecule has 4 heteroatoms. The molecule has 0 spiro atoms. The summed E-state index contributed by atoms with van der Waals surface area (Å²) in [7, 11) is 0. The highest BCUT2D eigenvalue weighted by Crippen LogP contribution is 2.31. The largest absolute Gasteiger partial charge is 0.492 e. The summed E-state index contributed by atoms with van der Waals surface area (Å²) < 4.78 is 5.70. The Balaban J connectivity index is 1.91. The van der Waals surface area contributed by atoms with Crippen molar-refractivity contribution in [1.82, 2.24) is 5.32 Å². The Morgan fingerprint density at radius 2 is 2.25 bits per heavy atom. The first-order valence-electron chi connectivity index (χ1n) is 5.55. The molecule has 1 fully saturated rings. The van der Waals surface area contributed by atoms with Crippen LogP contribution in [0.15, 0.2) is 18.2 Å². The maximum absolute atomic E-state index is 6.04. The molecule has 1 aromatic rings. The van der Waals surface area contributed by atoms with Gasteiger partial charge in [-0.1, -0.05) is 29.3 Å². The number of nitrogens with one attached hydrogen (secondary N) is 1. The standard InChI is InChI=1S/C12H15Cl2NO/c13-10-4-1-5-11(12(10)14)16-8-9-3-2-6-15-7-9/h1,4-5,9,15H,2-3,6-8H2/t9-/m1/s1. The van der Waals surface area contributed by atoms with E-state index in [1.807, 2.05) is 12.1 Å². The highest BCUT2D eigenvalue weighted by Gasteiger charge is 2.14. The Morgan fingerprint density at radius 1 is 1.38 bits per heavy atom. The predicted octanol–water partition coefficient (Wildman–Crippen LogP) is 3.37. The van der Waals surface area contributed by atoms with Crippen molar-refractivity contribution in [3.05, 3.63) is 28.2 Å². The zero-order valence-corrected chi connectivity index (χ0v) is 10.5. The van der Waals surface area contributed by atoms with E-state index >= 15 is 0 Å². The Kier molecular flexibility index (Phi) is 4.33. The molecule has 1 aliphatic rings. The van der Waals surface area contributed by atoms with E-state index in [-0.39, 0.29) is 0 Å². The van der Waals surface area contributed by atoms with Crippen LogP contribution in [0, 0.1) is 5.92 Å². The maximum atomic E-state index is 6.04. The summed E-state index contributed by atoms with van der Waals surface area (Å²) in [5.74, 6) is 1.25. The Labute approximate surface area is 106 Å². The first kappa shape index (κ1) is 12.0. The van der Waals surface area contributed by atoms with Crippen molar-refractivity contribution in [1.29, 1.82) is 0 Å². The van der Waals surface area contributed by atoms with Gasteiger partial charge in [-0.2, -0.15) is 0 Å². The van der Waals surface area contributed by atoms with Gasteiger partial charge in [0.1, 0.15) is 10.8 Å². The molecule has 1 N–H and O–H groups in total. The molecule has 1 heterocycles. The third kappa shape index (κ3) is 3.03. The third-order valence-electron chi connectivity index (χ3n) is 2.79. The van der Waals surface area contributed by atoms with Crippen molar-refractivity contribution < 1.29 is 4.74 Å². The lowest BCUT2D eigenvalue weighted by atomic mass is 10.0. The van der Waals surface area contributed by atoms with Crippen molar-refractivity contribution in [2.45, 2.75) is 12.8 Å². The molecular weight excluding hydrogens is 245 g/mol. The van der Waals surface area contributed by atoms with E-state index in [1.54, 1.807) is 6.07 Å². The van der Waals surface area contributed by atoms with Gasteiger partial charge in [-0.3, -0.25) is 0 Å². The fourth-order valence-corrected chi connectivity index (χ4v) is 2.22. The second-order valence-electron chi connectivity index (χ2n) is 4.08. The molecule has 16 heavy (non-hydrogen) atoms. The summed E-state index contributed by atoms with van der Waals surface area (Å²) in [5.41, 5.74) is 0. The van der Waals surface area contributed by atoms with Gasteiger partial charge in [0.15, 0.2) is 0 Å². The van der Waals surface area contributed by atoms with Gasteiger partial charge in [-0.25, -0.2) is 0 Å². The number of hydrogen-bond acceptors (Lipinski definition) is 2. The van der Waals surface area contributed by atoms with Crippen LogP contribution in [-0.4, -0.2) is 19.7 Å². The average Bonchev–Trinajstić information content (AvgIpc) is 2.32. The van der Waals surface area contributed by atoms with E-state index in [2.05, 4.69) is 5.32 Å². The SMILES string of the molecule is Clc1cccc(OC[C@@H]2CCCNC2)c1Cl. The molecule has 0 bridgehead atoms. The van der Waals surface area contributed by atoms with Crippen LogP contribution in [0.3, 0.4) is 0 Å². The van der Waals surface area contributed by atoms with E-state index in [4.69, 9.17) is 27.9 Å². The van der Waals surface area contributed by atoms with E-state index in [0.29, 0.717) is 28.3 Å². The number of ether oxygens (including phenoxy) is 1. The summed E-state index contributed by atoms with van der Waals surface area (Å²) in [5, 5.41) is 4.41. The van der Waals surface area contributed by atoms with E-state index in [9.17, 15) is 0 Å². The minimum atomic E-state index is 0.507. The molecule has 0 radical (unpaired) electrons. The van der Waals surface area contributed by atoms with Gasteiger partial charge < -0.3 is 10.1 Å². The predicted molar refractivity (Wildman–Crippen MR) is 67.6 cm³/mol. The molecule has 0 aromatic heterocycles. The number of hydrogen-bond donors (Lipinski definition) is 1. The van der Waals surface area contributed by atoms with Gasteiger partial charge in [-0.05, 0) is 31.5 Å². The summed E-state index contributed by atoms with van der Waals surface area (Å²) in [6.07, 6.45) is 2.43. The molecular formula is C12H15Cl2NO. The molecule has 2 nitrogen and oxygen atoms in total. The lowest BCUT2D eigenvalue weighted by molar-refractivity contribution is 0.218. The van der Waals surface area contributed by atoms with Crippen LogP contribution in [0.5, 0.6) is 5.75 Å². The molecule has 1 saturated heterocycles. The molecule has 1 aliphatic heterocycles. The molecule has 0 amide bonds. The van der Waals surface area contributed by atoms with Gasteiger partial charge in [0.05, 0.1) is 11.6 Å². The molecule has 2 rings (SSSR count). The molecule has 1 aromatic carbocycles. The average molecular weight is 260 g/mol. The fraction of sp³-hybridized carbons (Fsp3) is 0.500. The zero-order chi connectivity index (χ0) is 11.4. The van der Waals surface area contributed by atoms with E-state index < -0.39 is 0 Å². The molecule has 0 aliphatic carbocycles. The summed E-state index contributed by atoms with van der Waals surface area (Å²) in [4.78, 5) is 0. The Bertz CT molecular complexity index is 351. The van der Waals surface area contributed by atoms with Crippen LogP contribution in [0.2, 0.25) is 10.0 Å². The lowest BCUT2D eigenvalue weighted by Crippen LogP contribution is -2.33. The number of benzene rings is 1. The van der Waals surface area contributed by atoms with Gasteiger partial charge in [0, 0.05) is 12.5 Å². The minimum absolute atomic E-state index is 0.507. The van der Waals surface area contributed by atoms with Crippen molar-refractivity contribution in [2.75, 3.05) is 19.7 Å². The number of halogens is 2. The van der Waals surface area contributed by atoms with Crippen molar-refractivity contribution in [2.24, 2.45) is 5.92 Å². The highest BCUT2D eigenvalue weighted by molar-refractivity contribution is 6.42. The minimum Gasteiger partial charge on any atom is -0.492 e. The third-order valence-corrected chi connectivity index (χ3v) is 3.59. The van der Waals surface area contributed by atoms with Crippen LogP contribution in [0.25, 0.3) is 0 Å². The normalized spacial score (nSPS) is 20.8. The van der Waals surface area contributed by atoms with Gasteiger partial charge in [0.2, 0.25) is 0 Å². The van der Waals surface area contributed by atoms with Crippen LogP contribution in [0.1, 0.15) is 12.8 Å². The van der Waals surface area contributed by atoms with E-state index in [0.717, 1.165) is 13.1 Å². The van der Waals surface area contributed by atoms with E-state index in [1.165, 1.54) is 12.8 Å². The van der Waals surface area contributed by atoms with Gasteiger partial charge in [0.25, 0.3) is 0 Å². The van der Waals surface area contributed by atoms with Crippen LogP contribution < -0.4 is 10.1 Å². The van der Waals surface area contributed by atoms with Crippen molar-refractivity contribution in [3.8, 4) is 5.75 Å². The fourth-order valence-electron chi connectivity index (χ4n) is 1.87. The maximum Gasteiger partial charge on any atom is 0.139 e. The Hall–Kier alpha value is -0.440. The highest BCUT2D eigenvalue weighted by atomic mass is 35.5. The van der Waals surface area contributed by atoms with Crippen LogP contribution in [0.4, 0.5) is 0 Å². The van der Waals surface area contributed by atoms with Gasteiger partial charge >= 0.3 is 0 Å². The van der Waals surface area contributed by atoms with Gasteiger partial charge in [-0.15, -0.1) is 0 Å². The molecule has 0 saturated carbocycles. The monoisotopic (exact) mass is 259 g/mol. The molecule has 0 unspecified atom stereocenters. The second kappa shape index (κ2) is 5.76. The van der Waals surface area contributed by atoms with Crippen LogP contribution >= 0.6 is 23.2 Å². The topological polar surface area (TPSA) is 21.3 Å². The van der Waals surface area contributed by atoms with Crippen LogP contribution in [-0.2, 0) is 0 Å². The number of piperidine rings is 1. The first-order chi connectivity index (χ1) is 7.77. The smallest absolute Gasteiger partial charge is 0.139 e. The summed E-state index contributed by atoms with van der Waals surface area (Å²) >= 11 is 11.9. The quantitative estimate of drug-likeness (QED) is 0.899. The first-order valence-corrected chi connectivity index (χ1v) is 6.30. The second-order valence-corrected chi connectivity index (χ2v) is 4.86. The zero-order valence-electron chi connectivity index (χ0n) is 9.01. The lowest BCUT2D eigenvalue weighted by Gasteiger charge is -2.23. The molecule has 1 atom stereocenters. The summed E-state index contributed by atoms with van der Waals surface area (Å²) in [6, 6.07) is 5.46. The van der Waals surface area contributed by atoms with Crippen molar-refractivity contribution >= 4 is 23.2 Å². The number of rotatable bonds is 3. The molecule has 88 valence electrons. The Morgan fingerprint density at radius 3 is 3.00 bits per heavy atom. The summed E-state index contributed by atoms with van der Waals surface area (Å²) in [6.45, 7) is 2.85.